The molecule has 35 heavy (non-hydrogen) atoms. The van der Waals surface area contributed by atoms with Gasteiger partial charge in [0, 0.05) is 19.0 Å². The summed E-state index contributed by atoms with van der Waals surface area (Å²) >= 11 is 0. The minimum absolute atomic E-state index is 0.0815. The monoisotopic (exact) mass is 487 g/mol. The molecule has 1 unspecified atom stereocenters. The lowest BCUT2D eigenvalue weighted by Gasteiger charge is -2.27. The van der Waals surface area contributed by atoms with Gasteiger partial charge in [-0.05, 0) is 30.0 Å². The number of carboxylic acids is 2. The first kappa shape index (κ1) is 27.3. The molecule has 0 bridgehead atoms. The molecule has 11 heteroatoms. The molecule has 0 aliphatic carbocycles. The van der Waals surface area contributed by atoms with Crippen LogP contribution in [0.5, 0.6) is 0 Å². The number of aryl methyl sites for hydroxylation is 1. The van der Waals surface area contributed by atoms with Crippen molar-refractivity contribution in [2.45, 2.75) is 39.3 Å². The minimum atomic E-state index is -1.83. The Bertz CT molecular complexity index is 1080. The number of benzene rings is 2. The van der Waals surface area contributed by atoms with Gasteiger partial charge in [-0.1, -0.05) is 49.7 Å². The van der Waals surface area contributed by atoms with Gasteiger partial charge >= 0.3 is 18.0 Å². The number of nitrogens with one attached hydrogen (secondary N) is 1. The maximum absolute atomic E-state index is 12.7. The van der Waals surface area contributed by atoms with Crippen LogP contribution in [-0.2, 0) is 16.0 Å². The summed E-state index contributed by atoms with van der Waals surface area (Å²) in [5.41, 5.74) is 2.13. The Kier molecular flexibility index (Phi) is 9.29. The summed E-state index contributed by atoms with van der Waals surface area (Å²) in [7, 11) is 0. The molecule has 4 N–H and O–H groups in total. The number of rotatable bonds is 11. The van der Waals surface area contributed by atoms with Gasteiger partial charge in [0.1, 0.15) is 6.04 Å². The van der Waals surface area contributed by atoms with Crippen LogP contribution >= 0.6 is 0 Å². The van der Waals surface area contributed by atoms with E-state index in [2.05, 4.69) is 5.32 Å². The Balaban J connectivity index is 2.27. The maximum Gasteiger partial charge on any atom is 0.334 e. The molecule has 11 nitrogen and oxygen atoms in total. The van der Waals surface area contributed by atoms with Crippen molar-refractivity contribution in [3.8, 4) is 11.1 Å². The smallest absolute Gasteiger partial charge is 0.334 e. The summed E-state index contributed by atoms with van der Waals surface area (Å²) in [5, 5.41) is 42.3. The van der Waals surface area contributed by atoms with Crippen LogP contribution in [0.15, 0.2) is 42.5 Å². The zero-order chi connectivity index (χ0) is 26.3. The predicted octanol–water partition coefficient (Wildman–Crippen LogP) is 2.68. The van der Waals surface area contributed by atoms with Crippen LogP contribution in [0.3, 0.4) is 0 Å². The highest BCUT2D eigenvalue weighted by atomic mass is 16.6. The topological polar surface area (TPSA) is 170 Å². The van der Waals surface area contributed by atoms with Gasteiger partial charge in [-0.15, -0.1) is 0 Å². The first-order valence-corrected chi connectivity index (χ1v) is 10.9. The van der Waals surface area contributed by atoms with Crippen molar-refractivity contribution in [2.75, 3.05) is 13.1 Å². The van der Waals surface area contributed by atoms with Gasteiger partial charge in [0.05, 0.1) is 17.0 Å². The van der Waals surface area contributed by atoms with E-state index in [9.17, 15) is 34.7 Å². The van der Waals surface area contributed by atoms with Gasteiger partial charge in [-0.2, -0.15) is 0 Å². The van der Waals surface area contributed by atoms with Crippen LogP contribution in [0.4, 0.5) is 10.5 Å². The molecule has 0 saturated heterocycles. The van der Waals surface area contributed by atoms with Crippen molar-refractivity contribution in [1.82, 2.24) is 10.2 Å². The molecular weight excluding hydrogens is 458 g/mol. The van der Waals surface area contributed by atoms with E-state index in [0.29, 0.717) is 16.7 Å². The van der Waals surface area contributed by atoms with Gasteiger partial charge in [-0.3, -0.25) is 10.1 Å². The summed E-state index contributed by atoms with van der Waals surface area (Å²) in [5.74, 6) is -2.96. The second-order valence-corrected chi connectivity index (χ2v) is 8.67. The lowest BCUT2D eigenvalue weighted by atomic mass is 9.98. The third kappa shape index (κ3) is 7.78. The summed E-state index contributed by atoms with van der Waals surface area (Å²) in [6, 6.07) is 9.23. The summed E-state index contributed by atoms with van der Waals surface area (Å²) in [6.45, 7) is 5.00. The first-order chi connectivity index (χ1) is 16.4. The van der Waals surface area contributed by atoms with Gasteiger partial charge in [-0.25, -0.2) is 14.4 Å². The standard InChI is InChI=1S/C24H29N3O8/c1-14(2)12-26(13-21(28)23(31)32)24(33)25-19(22(29)30)10-16-6-9-18(20(11-16)27(34)35)17-7-4-15(3)5-8-17/h4-9,11,14,19,21,28H,10,12-13H2,1-3H3,(H,25,33)(H,29,30)(H,31,32)/t19-,21?/m0/s1. The number of carbonyl (C=O) groups excluding carboxylic acids is 1. The number of aliphatic hydroxyl groups is 1. The fraction of sp³-hybridized carbons (Fsp3) is 0.375. The number of aliphatic hydroxyl groups excluding tert-OH is 1. The van der Waals surface area contributed by atoms with Crippen LogP contribution in [-0.4, -0.2) is 68.3 Å². The highest BCUT2D eigenvalue weighted by Crippen LogP contribution is 2.31. The number of urea groups is 1. The number of carboxylic acid groups (broad SMARTS) is 2. The average Bonchev–Trinajstić information content (AvgIpc) is 2.78. The van der Waals surface area contributed by atoms with Crippen LogP contribution in [0, 0.1) is 23.0 Å². The second kappa shape index (κ2) is 11.9. The first-order valence-electron chi connectivity index (χ1n) is 10.9. The van der Waals surface area contributed by atoms with Gasteiger partial charge in [0.2, 0.25) is 0 Å². The van der Waals surface area contributed by atoms with E-state index < -0.39 is 41.6 Å². The molecule has 0 saturated carbocycles. The minimum Gasteiger partial charge on any atom is -0.480 e. The molecule has 0 spiro atoms. The highest BCUT2D eigenvalue weighted by molar-refractivity contribution is 5.83. The van der Waals surface area contributed by atoms with E-state index >= 15 is 0 Å². The average molecular weight is 488 g/mol. The quantitative estimate of drug-likeness (QED) is 0.277. The van der Waals surface area contributed by atoms with E-state index in [1.54, 1.807) is 32.0 Å². The van der Waals surface area contributed by atoms with Gasteiger partial charge in [0.25, 0.3) is 5.69 Å². The zero-order valence-corrected chi connectivity index (χ0v) is 19.7. The molecule has 0 fully saturated rings. The number of nitrogens with zero attached hydrogens (tertiary/aromatic N) is 2. The molecule has 2 amide bonds. The summed E-state index contributed by atoms with van der Waals surface area (Å²) < 4.78 is 0. The zero-order valence-electron chi connectivity index (χ0n) is 19.7. The predicted molar refractivity (Wildman–Crippen MR) is 127 cm³/mol. The van der Waals surface area contributed by atoms with Crippen LogP contribution < -0.4 is 5.32 Å². The number of aliphatic carboxylic acids is 2. The van der Waals surface area contributed by atoms with Crippen LogP contribution in [0.25, 0.3) is 11.1 Å². The summed E-state index contributed by atoms with van der Waals surface area (Å²) in [6.07, 6.45) is -2.08. The Hall–Kier alpha value is -3.99. The number of hydrogen-bond acceptors (Lipinski definition) is 6. The van der Waals surface area contributed by atoms with E-state index in [1.807, 2.05) is 19.1 Å². The third-order valence-corrected chi connectivity index (χ3v) is 5.21. The molecule has 2 aromatic rings. The second-order valence-electron chi connectivity index (χ2n) is 8.67. The molecular formula is C24H29N3O8. The molecule has 188 valence electrons. The van der Waals surface area contributed by atoms with E-state index in [-0.39, 0.29) is 24.6 Å². The van der Waals surface area contributed by atoms with Crippen LogP contribution in [0.2, 0.25) is 0 Å². The van der Waals surface area contributed by atoms with Crippen molar-refractivity contribution >= 4 is 23.7 Å². The van der Waals surface area contributed by atoms with E-state index in [1.165, 1.54) is 12.1 Å². The van der Waals surface area contributed by atoms with E-state index in [4.69, 9.17) is 5.11 Å². The third-order valence-electron chi connectivity index (χ3n) is 5.21. The Morgan fingerprint density at radius 2 is 1.66 bits per heavy atom. The number of nitro benzene ring substituents is 1. The lowest BCUT2D eigenvalue weighted by molar-refractivity contribution is -0.384. The van der Waals surface area contributed by atoms with Crippen molar-refractivity contribution in [2.24, 2.45) is 5.92 Å². The van der Waals surface area contributed by atoms with Crippen molar-refractivity contribution < 1.29 is 34.6 Å². The number of carbonyl (C=O) groups is 3. The summed E-state index contributed by atoms with van der Waals surface area (Å²) in [4.78, 5) is 47.7. The molecule has 2 aromatic carbocycles. The highest BCUT2D eigenvalue weighted by Gasteiger charge is 2.28. The molecule has 2 atom stereocenters. The number of nitro groups is 1. The molecule has 0 heterocycles. The fourth-order valence-electron chi connectivity index (χ4n) is 3.48. The molecule has 2 rings (SSSR count). The maximum atomic E-state index is 12.7. The number of hydrogen-bond donors (Lipinski definition) is 4. The Morgan fingerprint density at radius 1 is 1.03 bits per heavy atom. The molecule has 0 aromatic heterocycles. The molecule has 0 radical (unpaired) electrons. The Labute approximate surface area is 202 Å². The van der Waals surface area contributed by atoms with Gasteiger partial charge < -0.3 is 25.5 Å². The van der Waals surface area contributed by atoms with Crippen molar-refractivity contribution in [3.05, 3.63) is 63.7 Å². The van der Waals surface area contributed by atoms with Crippen molar-refractivity contribution in [1.29, 1.82) is 0 Å². The normalized spacial score (nSPS) is 12.6. The van der Waals surface area contributed by atoms with E-state index in [0.717, 1.165) is 10.5 Å². The largest absolute Gasteiger partial charge is 0.480 e. The van der Waals surface area contributed by atoms with Crippen molar-refractivity contribution in [3.63, 3.8) is 0 Å². The number of amides is 2. The molecule has 0 aliphatic rings. The fourth-order valence-corrected chi connectivity index (χ4v) is 3.48. The lowest BCUT2D eigenvalue weighted by Crippen LogP contribution is -2.52. The SMILES string of the molecule is Cc1ccc(-c2ccc(C[C@H](NC(=O)N(CC(C)C)CC(O)C(=O)O)C(=O)O)cc2[N+](=O)[O-])cc1. The van der Waals surface area contributed by atoms with Crippen LogP contribution in [0.1, 0.15) is 25.0 Å². The van der Waals surface area contributed by atoms with Gasteiger partial charge in [0.15, 0.2) is 6.10 Å². The Morgan fingerprint density at radius 3 is 2.17 bits per heavy atom. The molecule has 0 aliphatic heterocycles.